The fourth-order valence-electron chi connectivity index (χ4n) is 3.44. The highest BCUT2D eigenvalue weighted by Crippen LogP contribution is 2.15. The Labute approximate surface area is 205 Å². The first-order chi connectivity index (χ1) is 14.9. The summed E-state index contributed by atoms with van der Waals surface area (Å²) >= 11 is 0. The molecular formula is C23H31IN6O2. The molecule has 1 amide bonds. The van der Waals surface area contributed by atoms with E-state index in [4.69, 9.17) is 4.42 Å². The standard InChI is InChI=1S/C23H30N6O2.HI/c1-15(12-20-16(2)28-29(5)17(20)3)26-23(24-4)25-14-18-8-6-9-19(13-18)27-22(30)21-10-7-11-31-21;/h6-11,13,15H,12,14H2,1-5H3,(H,27,30)(H2,24,25,26);1H. The van der Waals surface area contributed by atoms with Gasteiger partial charge in [-0.2, -0.15) is 5.10 Å². The number of amides is 1. The molecule has 32 heavy (non-hydrogen) atoms. The van der Waals surface area contributed by atoms with Crippen LogP contribution in [0.1, 0.15) is 40.0 Å². The minimum absolute atomic E-state index is 0. The lowest BCUT2D eigenvalue weighted by atomic mass is 10.1. The SMILES string of the molecule is CN=C(NCc1cccc(NC(=O)c2ccco2)c1)NC(C)Cc1c(C)nn(C)c1C.I. The van der Waals surface area contributed by atoms with Crippen molar-refractivity contribution in [3.63, 3.8) is 0 Å². The first kappa shape index (κ1) is 25.4. The van der Waals surface area contributed by atoms with Gasteiger partial charge < -0.3 is 20.4 Å². The van der Waals surface area contributed by atoms with Gasteiger partial charge in [0.15, 0.2) is 11.7 Å². The van der Waals surface area contributed by atoms with E-state index >= 15 is 0 Å². The maximum atomic E-state index is 12.2. The van der Waals surface area contributed by atoms with Gasteiger partial charge in [0.1, 0.15) is 0 Å². The summed E-state index contributed by atoms with van der Waals surface area (Å²) in [5.74, 6) is 0.723. The summed E-state index contributed by atoms with van der Waals surface area (Å²) in [6.07, 6.45) is 2.34. The van der Waals surface area contributed by atoms with E-state index in [-0.39, 0.29) is 41.7 Å². The Morgan fingerprint density at radius 3 is 2.66 bits per heavy atom. The third-order valence-corrected chi connectivity index (χ3v) is 5.17. The number of furan rings is 1. The minimum atomic E-state index is -0.276. The summed E-state index contributed by atoms with van der Waals surface area (Å²) in [6, 6.07) is 11.2. The number of aromatic nitrogens is 2. The quantitative estimate of drug-likeness (QED) is 0.236. The molecule has 3 rings (SSSR count). The van der Waals surface area contributed by atoms with E-state index in [0.717, 1.165) is 23.6 Å². The number of rotatable bonds is 7. The monoisotopic (exact) mass is 550 g/mol. The van der Waals surface area contributed by atoms with Crippen molar-refractivity contribution < 1.29 is 9.21 Å². The molecule has 0 bridgehead atoms. The van der Waals surface area contributed by atoms with Crippen molar-refractivity contribution in [2.24, 2.45) is 12.0 Å². The fraction of sp³-hybridized carbons (Fsp3) is 0.348. The number of aliphatic imine (C=N–C) groups is 1. The molecule has 0 saturated heterocycles. The minimum Gasteiger partial charge on any atom is -0.459 e. The predicted octanol–water partition coefficient (Wildman–Crippen LogP) is 3.80. The molecule has 0 fully saturated rings. The first-order valence-electron chi connectivity index (χ1n) is 10.3. The fourth-order valence-corrected chi connectivity index (χ4v) is 3.44. The van der Waals surface area contributed by atoms with Gasteiger partial charge in [0.25, 0.3) is 5.91 Å². The molecule has 3 aromatic rings. The van der Waals surface area contributed by atoms with Crippen LogP contribution in [0.5, 0.6) is 0 Å². The second-order valence-electron chi connectivity index (χ2n) is 7.58. The van der Waals surface area contributed by atoms with Crippen molar-refractivity contribution in [1.82, 2.24) is 20.4 Å². The topological polar surface area (TPSA) is 96.5 Å². The van der Waals surface area contributed by atoms with Crippen molar-refractivity contribution >= 4 is 41.5 Å². The molecule has 0 spiro atoms. The summed E-state index contributed by atoms with van der Waals surface area (Å²) in [7, 11) is 3.72. The molecule has 0 radical (unpaired) electrons. The molecule has 0 aliphatic rings. The maximum absolute atomic E-state index is 12.2. The zero-order valence-corrected chi connectivity index (χ0v) is 21.4. The number of nitrogens with one attached hydrogen (secondary N) is 3. The number of halogens is 1. The summed E-state index contributed by atoms with van der Waals surface area (Å²) in [5.41, 5.74) is 5.23. The van der Waals surface area contributed by atoms with Gasteiger partial charge in [-0.25, -0.2) is 0 Å². The zero-order valence-electron chi connectivity index (χ0n) is 19.1. The van der Waals surface area contributed by atoms with E-state index in [9.17, 15) is 4.79 Å². The first-order valence-corrected chi connectivity index (χ1v) is 10.3. The van der Waals surface area contributed by atoms with Gasteiger partial charge in [-0.05, 0) is 62.6 Å². The van der Waals surface area contributed by atoms with Crippen LogP contribution in [0.15, 0.2) is 52.1 Å². The van der Waals surface area contributed by atoms with Gasteiger partial charge in [-0.3, -0.25) is 14.5 Å². The number of nitrogens with zero attached hydrogens (tertiary/aromatic N) is 3. The number of benzene rings is 1. The van der Waals surface area contributed by atoms with Crippen molar-refractivity contribution in [2.45, 2.75) is 39.8 Å². The number of carbonyl (C=O) groups excluding carboxylic acids is 1. The smallest absolute Gasteiger partial charge is 0.291 e. The van der Waals surface area contributed by atoms with Crippen LogP contribution in [0.3, 0.4) is 0 Å². The van der Waals surface area contributed by atoms with E-state index in [2.05, 4.69) is 39.9 Å². The number of guanidine groups is 1. The second-order valence-corrected chi connectivity index (χ2v) is 7.58. The van der Waals surface area contributed by atoms with Crippen LogP contribution in [0, 0.1) is 13.8 Å². The van der Waals surface area contributed by atoms with Gasteiger partial charge in [0.2, 0.25) is 0 Å². The van der Waals surface area contributed by atoms with Crippen molar-refractivity contribution in [3.05, 3.63) is 70.9 Å². The molecule has 0 saturated carbocycles. The van der Waals surface area contributed by atoms with Crippen LogP contribution < -0.4 is 16.0 Å². The van der Waals surface area contributed by atoms with Crippen LogP contribution in [-0.2, 0) is 20.0 Å². The van der Waals surface area contributed by atoms with E-state index < -0.39 is 0 Å². The van der Waals surface area contributed by atoms with Crippen LogP contribution in [0.25, 0.3) is 0 Å². The average molecular weight is 550 g/mol. The lowest BCUT2D eigenvalue weighted by Gasteiger charge is -2.18. The largest absolute Gasteiger partial charge is 0.459 e. The Hall–Kier alpha value is -2.82. The number of hydrogen-bond donors (Lipinski definition) is 3. The van der Waals surface area contributed by atoms with Gasteiger partial charge in [0, 0.05) is 38.1 Å². The maximum Gasteiger partial charge on any atom is 0.291 e. The third kappa shape index (κ3) is 6.59. The molecule has 8 nitrogen and oxygen atoms in total. The van der Waals surface area contributed by atoms with E-state index in [1.807, 2.05) is 42.9 Å². The molecular weight excluding hydrogens is 519 g/mol. The predicted molar refractivity (Wildman–Crippen MR) is 138 cm³/mol. The van der Waals surface area contributed by atoms with Crippen molar-refractivity contribution in [2.75, 3.05) is 12.4 Å². The van der Waals surface area contributed by atoms with Crippen LogP contribution in [-0.4, -0.2) is 34.7 Å². The summed E-state index contributed by atoms with van der Waals surface area (Å²) in [6.45, 7) is 6.83. The van der Waals surface area contributed by atoms with E-state index in [0.29, 0.717) is 12.2 Å². The number of carbonyl (C=O) groups is 1. The Balaban J connectivity index is 0.00000363. The number of aryl methyl sites for hydroxylation is 2. The third-order valence-electron chi connectivity index (χ3n) is 5.17. The summed E-state index contributed by atoms with van der Waals surface area (Å²) in [4.78, 5) is 16.5. The molecule has 3 N–H and O–H groups in total. The molecule has 0 aliphatic carbocycles. The summed E-state index contributed by atoms with van der Waals surface area (Å²) in [5, 5.41) is 14.1. The Bertz CT molecular complexity index is 1060. The number of hydrogen-bond acceptors (Lipinski definition) is 4. The van der Waals surface area contributed by atoms with E-state index in [1.54, 1.807) is 19.2 Å². The Morgan fingerprint density at radius 1 is 1.25 bits per heavy atom. The lowest BCUT2D eigenvalue weighted by molar-refractivity contribution is 0.0996. The Morgan fingerprint density at radius 2 is 2.03 bits per heavy atom. The highest BCUT2D eigenvalue weighted by atomic mass is 127. The molecule has 172 valence electrons. The van der Waals surface area contributed by atoms with Gasteiger partial charge in [-0.1, -0.05) is 12.1 Å². The van der Waals surface area contributed by atoms with Gasteiger partial charge in [0.05, 0.1) is 12.0 Å². The zero-order chi connectivity index (χ0) is 22.4. The molecule has 0 aliphatic heterocycles. The lowest BCUT2D eigenvalue weighted by Crippen LogP contribution is -2.42. The normalized spacial score (nSPS) is 12.1. The molecule has 2 heterocycles. The Kier molecular flexibility index (Phi) is 9.30. The highest BCUT2D eigenvalue weighted by molar-refractivity contribution is 14.0. The average Bonchev–Trinajstić information content (AvgIpc) is 3.36. The van der Waals surface area contributed by atoms with Crippen LogP contribution in [0.4, 0.5) is 5.69 Å². The summed E-state index contributed by atoms with van der Waals surface area (Å²) < 4.78 is 7.05. The van der Waals surface area contributed by atoms with Crippen molar-refractivity contribution in [3.8, 4) is 0 Å². The molecule has 2 aromatic heterocycles. The van der Waals surface area contributed by atoms with Crippen LogP contribution >= 0.6 is 24.0 Å². The number of anilines is 1. The molecule has 1 aromatic carbocycles. The van der Waals surface area contributed by atoms with Crippen LogP contribution in [0.2, 0.25) is 0 Å². The van der Waals surface area contributed by atoms with Gasteiger partial charge >= 0.3 is 0 Å². The van der Waals surface area contributed by atoms with E-state index in [1.165, 1.54) is 17.5 Å². The van der Waals surface area contributed by atoms with Crippen molar-refractivity contribution in [1.29, 1.82) is 0 Å². The molecule has 9 heteroatoms. The molecule has 1 unspecified atom stereocenters. The highest BCUT2D eigenvalue weighted by Gasteiger charge is 2.14. The molecule has 1 atom stereocenters. The van der Waals surface area contributed by atoms with Gasteiger partial charge in [-0.15, -0.1) is 24.0 Å². The second kappa shape index (κ2) is 11.7.